The van der Waals surface area contributed by atoms with Gasteiger partial charge in [-0.15, -0.1) is 0 Å². The third-order valence-electron chi connectivity index (χ3n) is 5.47. The molecule has 0 aromatic heterocycles. The van der Waals surface area contributed by atoms with Crippen molar-refractivity contribution in [2.45, 2.75) is 45.1 Å². The summed E-state index contributed by atoms with van der Waals surface area (Å²) in [6.45, 7) is 1.75. The maximum Gasteiger partial charge on any atom is 0.270 e. The van der Waals surface area contributed by atoms with Crippen LogP contribution in [0.5, 0.6) is 0 Å². The second-order valence-electron chi connectivity index (χ2n) is 7.63. The maximum absolute atomic E-state index is 12.7. The average molecular weight is 419 g/mol. The number of benzene rings is 1. The average Bonchev–Trinajstić information content (AvgIpc) is 2.73. The summed E-state index contributed by atoms with van der Waals surface area (Å²) in [5.74, 6) is 0.130. The van der Waals surface area contributed by atoms with E-state index in [1.54, 1.807) is 13.1 Å². The zero-order valence-electron chi connectivity index (χ0n) is 16.7. The molecule has 2 heterocycles. The van der Waals surface area contributed by atoms with Crippen molar-refractivity contribution in [2.75, 3.05) is 20.1 Å². The fourth-order valence-corrected chi connectivity index (χ4v) is 3.95. The van der Waals surface area contributed by atoms with Gasteiger partial charge in [-0.1, -0.05) is 29.8 Å². The second kappa shape index (κ2) is 9.87. The normalized spacial score (nSPS) is 19.7. The number of rotatable bonds is 6. The van der Waals surface area contributed by atoms with Crippen molar-refractivity contribution in [2.24, 2.45) is 11.0 Å². The van der Waals surface area contributed by atoms with Crippen molar-refractivity contribution in [3.63, 3.8) is 0 Å². The minimum Gasteiger partial charge on any atom is -0.352 e. The maximum atomic E-state index is 12.7. The molecule has 1 unspecified atom stereocenters. The lowest BCUT2D eigenvalue weighted by Crippen LogP contribution is -2.45. The van der Waals surface area contributed by atoms with Crippen molar-refractivity contribution < 1.29 is 14.4 Å². The fraction of sp³-hybridized carbons (Fsp3) is 0.524. The molecule has 0 bridgehead atoms. The van der Waals surface area contributed by atoms with Crippen LogP contribution in [0.2, 0.25) is 5.02 Å². The van der Waals surface area contributed by atoms with Crippen LogP contribution in [0.15, 0.2) is 29.4 Å². The topological polar surface area (TPSA) is 82.1 Å². The summed E-state index contributed by atoms with van der Waals surface area (Å²) in [6, 6.07) is 7.46. The number of nitrogens with zero attached hydrogens (tertiary/aromatic N) is 3. The van der Waals surface area contributed by atoms with Crippen LogP contribution in [0, 0.1) is 5.92 Å². The molecule has 1 atom stereocenters. The van der Waals surface area contributed by atoms with Gasteiger partial charge in [-0.05, 0) is 36.8 Å². The Labute approximate surface area is 176 Å². The van der Waals surface area contributed by atoms with Gasteiger partial charge in [0.2, 0.25) is 11.8 Å². The first-order chi connectivity index (χ1) is 13.9. The fourth-order valence-electron chi connectivity index (χ4n) is 3.75. The summed E-state index contributed by atoms with van der Waals surface area (Å²) in [5, 5.41) is 8.94. The number of hydrazone groups is 1. The van der Waals surface area contributed by atoms with Gasteiger partial charge in [-0.25, -0.2) is 5.01 Å². The Bertz CT molecular complexity index is 811. The number of amides is 3. The summed E-state index contributed by atoms with van der Waals surface area (Å²) in [4.78, 5) is 38.3. The lowest BCUT2D eigenvalue weighted by molar-refractivity contribution is -0.131. The molecule has 156 valence electrons. The molecule has 2 aliphatic rings. The summed E-state index contributed by atoms with van der Waals surface area (Å²) < 4.78 is 0. The number of nitrogens with one attached hydrogen (secondary N) is 1. The van der Waals surface area contributed by atoms with Crippen molar-refractivity contribution in [3.05, 3.63) is 34.9 Å². The molecule has 29 heavy (non-hydrogen) atoms. The minimum absolute atomic E-state index is 0.00911. The van der Waals surface area contributed by atoms with Crippen LogP contribution in [0.3, 0.4) is 0 Å². The standard InChI is InChI=1S/C21H27ClN4O3/c1-25-20(28)11-9-18(24-25)21(29)26-12-4-5-15(14-26)8-10-19(27)23-13-16-6-2-3-7-17(16)22/h2-3,6-7,15H,4-5,8-14H2,1H3,(H,23,27). The minimum atomic E-state index is -0.0859. The number of halogens is 1. The van der Waals surface area contributed by atoms with Gasteiger partial charge in [0.05, 0.1) is 0 Å². The second-order valence-corrected chi connectivity index (χ2v) is 8.04. The number of likely N-dealkylation sites (tertiary alicyclic amines) is 1. The van der Waals surface area contributed by atoms with Gasteiger partial charge in [0.25, 0.3) is 5.91 Å². The van der Waals surface area contributed by atoms with E-state index in [9.17, 15) is 14.4 Å². The monoisotopic (exact) mass is 418 g/mol. The van der Waals surface area contributed by atoms with Gasteiger partial charge in [0.1, 0.15) is 5.71 Å². The lowest BCUT2D eigenvalue weighted by atomic mass is 9.92. The SMILES string of the molecule is CN1N=C(C(=O)N2CCCC(CCC(=O)NCc3ccccc3Cl)C2)CCC1=O. The van der Waals surface area contributed by atoms with Crippen LogP contribution in [0.4, 0.5) is 0 Å². The smallest absolute Gasteiger partial charge is 0.270 e. The molecule has 3 amide bonds. The highest BCUT2D eigenvalue weighted by Crippen LogP contribution is 2.22. The van der Waals surface area contributed by atoms with Crippen LogP contribution < -0.4 is 5.32 Å². The van der Waals surface area contributed by atoms with Gasteiger partial charge in [-0.2, -0.15) is 5.10 Å². The van der Waals surface area contributed by atoms with E-state index >= 15 is 0 Å². The predicted octanol–water partition coefficient (Wildman–Crippen LogP) is 2.58. The van der Waals surface area contributed by atoms with E-state index in [-0.39, 0.29) is 17.7 Å². The first-order valence-electron chi connectivity index (χ1n) is 10.1. The Morgan fingerprint density at radius 3 is 2.83 bits per heavy atom. The molecule has 0 aliphatic carbocycles. The van der Waals surface area contributed by atoms with Crippen molar-refractivity contribution >= 4 is 35.0 Å². The van der Waals surface area contributed by atoms with Gasteiger partial charge in [-0.3, -0.25) is 14.4 Å². The number of hydrogen-bond donors (Lipinski definition) is 1. The van der Waals surface area contributed by atoms with Gasteiger partial charge in [0.15, 0.2) is 0 Å². The van der Waals surface area contributed by atoms with E-state index in [1.165, 1.54) is 5.01 Å². The van der Waals surface area contributed by atoms with Crippen LogP contribution in [-0.4, -0.2) is 53.5 Å². The van der Waals surface area contributed by atoms with Gasteiger partial charge >= 0.3 is 0 Å². The number of carbonyl (C=O) groups excluding carboxylic acids is 3. The molecule has 3 rings (SSSR count). The van der Waals surface area contributed by atoms with E-state index in [2.05, 4.69) is 10.4 Å². The highest BCUT2D eigenvalue weighted by atomic mass is 35.5. The Morgan fingerprint density at radius 2 is 2.07 bits per heavy atom. The molecule has 0 radical (unpaired) electrons. The zero-order chi connectivity index (χ0) is 20.8. The molecule has 1 fully saturated rings. The number of carbonyl (C=O) groups is 3. The Balaban J connectivity index is 1.45. The molecule has 0 spiro atoms. The molecule has 0 saturated carbocycles. The zero-order valence-corrected chi connectivity index (χ0v) is 17.5. The van der Waals surface area contributed by atoms with E-state index < -0.39 is 0 Å². The third-order valence-corrected chi connectivity index (χ3v) is 5.84. The van der Waals surface area contributed by atoms with Crippen LogP contribution >= 0.6 is 11.6 Å². The van der Waals surface area contributed by atoms with Crippen molar-refractivity contribution in [1.29, 1.82) is 0 Å². The first-order valence-corrected chi connectivity index (χ1v) is 10.4. The molecule has 1 saturated heterocycles. The Morgan fingerprint density at radius 1 is 1.28 bits per heavy atom. The van der Waals surface area contributed by atoms with E-state index in [4.69, 9.17) is 11.6 Å². The molecular formula is C21H27ClN4O3. The Kier molecular flexibility index (Phi) is 7.25. The molecule has 1 aromatic carbocycles. The van der Waals surface area contributed by atoms with Gasteiger partial charge in [0, 0.05) is 51.0 Å². The first kappa shape index (κ1) is 21.3. The van der Waals surface area contributed by atoms with E-state index in [1.807, 2.05) is 23.1 Å². The van der Waals surface area contributed by atoms with Crippen LogP contribution in [-0.2, 0) is 20.9 Å². The largest absolute Gasteiger partial charge is 0.352 e. The lowest BCUT2D eigenvalue weighted by Gasteiger charge is -2.33. The van der Waals surface area contributed by atoms with E-state index in [0.29, 0.717) is 55.5 Å². The molecule has 1 aromatic rings. The van der Waals surface area contributed by atoms with Crippen molar-refractivity contribution in [1.82, 2.24) is 15.2 Å². The quantitative estimate of drug-likeness (QED) is 0.770. The summed E-state index contributed by atoms with van der Waals surface area (Å²) in [7, 11) is 1.58. The predicted molar refractivity (Wildman–Crippen MR) is 111 cm³/mol. The summed E-state index contributed by atoms with van der Waals surface area (Å²) >= 11 is 6.11. The molecule has 7 nitrogen and oxygen atoms in total. The summed E-state index contributed by atoms with van der Waals surface area (Å²) in [5.41, 5.74) is 1.35. The molecule has 1 N–H and O–H groups in total. The molecule has 8 heteroatoms. The van der Waals surface area contributed by atoms with Crippen LogP contribution in [0.25, 0.3) is 0 Å². The summed E-state index contributed by atoms with van der Waals surface area (Å²) in [6.07, 6.45) is 3.81. The highest BCUT2D eigenvalue weighted by molar-refractivity contribution is 6.39. The number of hydrogen-bond acceptors (Lipinski definition) is 4. The molecule has 2 aliphatic heterocycles. The highest BCUT2D eigenvalue weighted by Gasteiger charge is 2.29. The number of piperidine rings is 1. The van der Waals surface area contributed by atoms with Crippen molar-refractivity contribution in [3.8, 4) is 0 Å². The van der Waals surface area contributed by atoms with Gasteiger partial charge < -0.3 is 10.2 Å². The Hall–Kier alpha value is -2.41. The molecular weight excluding hydrogens is 392 g/mol. The van der Waals surface area contributed by atoms with E-state index in [0.717, 1.165) is 24.8 Å². The third kappa shape index (κ3) is 5.79. The van der Waals surface area contributed by atoms with Crippen LogP contribution in [0.1, 0.15) is 44.1 Å².